The van der Waals surface area contributed by atoms with E-state index in [1.165, 1.54) is 6.92 Å². The first-order chi connectivity index (χ1) is 11.1. The molecule has 0 saturated carbocycles. The van der Waals surface area contributed by atoms with Crippen LogP contribution in [-0.4, -0.2) is 18.7 Å². The molecular formula is C18H18O5. The first-order valence-electron chi connectivity index (χ1n) is 7.18. The lowest BCUT2D eigenvalue weighted by Gasteiger charge is -2.08. The van der Waals surface area contributed by atoms with Crippen LogP contribution < -0.4 is 4.74 Å². The number of ether oxygens (including phenoxy) is 3. The Bertz CT molecular complexity index is 634. The van der Waals surface area contributed by atoms with Crippen molar-refractivity contribution in [2.24, 2.45) is 0 Å². The van der Waals surface area contributed by atoms with Crippen molar-refractivity contribution < 1.29 is 23.8 Å². The molecule has 0 fully saturated rings. The quantitative estimate of drug-likeness (QED) is 0.581. The van der Waals surface area contributed by atoms with Gasteiger partial charge in [-0.05, 0) is 23.3 Å². The molecule has 5 nitrogen and oxygen atoms in total. The van der Waals surface area contributed by atoms with Crippen molar-refractivity contribution in [2.45, 2.75) is 20.0 Å². The van der Waals surface area contributed by atoms with E-state index in [1.54, 1.807) is 24.3 Å². The zero-order valence-corrected chi connectivity index (χ0v) is 12.9. The topological polar surface area (TPSA) is 61.8 Å². The van der Waals surface area contributed by atoms with Gasteiger partial charge in [0, 0.05) is 6.92 Å². The number of rotatable bonds is 7. The van der Waals surface area contributed by atoms with Crippen molar-refractivity contribution in [2.75, 3.05) is 6.79 Å². The molecule has 0 aromatic heterocycles. The zero-order chi connectivity index (χ0) is 16.5. The summed E-state index contributed by atoms with van der Waals surface area (Å²) in [6.07, 6.45) is 0.111. The smallest absolute Gasteiger partial charge is 0.313 e. The summed E-state index contributed by atoms with van der Waals surface area (Å²) in [6, 6.07) is 17.1. The molecule has 0 bridgehead atoms. The second-order valence-electron chi connectivity index (χ2n) is 4.87. The van der Waals surface area contributed by atoms with Crippen molar-refractivity contribution in [3.05, 3.63) is 65.7 Å². The minimum atomic E-state index is -0.488. The molecule has 0 amide bonds. The average molecular weight is 314 g/mol. The van der Waals surface area contributed by atoms with Gasteiger partial charge in [-0.1, -0.05) is 42.5 Å². The Morgan fingerprint density at radius 2 is 1.57 bits per heavy atom. The van der Waals surface area contributed by atoms with Gasteiger partial charge in [0.1, 0.15) is 12.4 Å². The van der Waals surface area contributed by atoms with Crippen LogP contribution in [0.15, 0.2) is 54.6 Å². The van der Waals surface area contributed by atoms with Gasteiger partial charge in [0.15, 0.2) is 0 Å². The largest absolute Gasteiger partial charge is 0.489 e. The number of carbonyl (C=O) groups excluding carboxylic acids is 2. The van der Waals surface area contributed by atoms with E-state index in [-0.39, 0.29) is 13.2 Å². The number of esters is 2. The molecule has 0 unspecified atom stereocenters. The lowest BCUT2D eigenvalue weighted by Crippen LogP contribution is -2.12. The average Bonchev–Trinajstić information content (AvgIpc) is 2.55. The molecule has 0 atom stereocenters. The van der Waals surface area contributed by atoms with E-state index in [0.717, 1.165) is 16.9 Å². The second-order valence-corrected chi connectivity index (χ2v) is 4.87. The van der Waals surface area contributed by atoms with Gasteiger partial charge in [0.2, 0.25) is 6.79 Å². The Labute approximate surface area is 134 Å². The lowest BCUT2D eigenvalue weighted by molar-refractivity contribution is -0.165. The van der Waals surface area contributed by atoms with Crippen molar-refractivity contribution in [1.82, 2.24) is 0 Å². The van der Waals surface area contributed by atoms with E-state index < -0.39 is 11.9 Å². The molecule has 0 aliphatic heterocycles. The molecule has 0 saturated heterocycles. The molecule has 0 heterocycles. The van der Waals surface area contributed by atoms with E-state index in [1.807, 2.05) is 30.3 Å². The molecule has 0 aliphatic rings. The first-order valence-corrected chi connectivity index (χ1v) is 7.18. The summed E-state index contributed by atoms with van der Waals surface area (Å²) < 4.78 is 15.0. The maximum atomic E-state index is 11.5. The predicted octanol–water partition coefficient (Wildman–Crippen LogP) is 2.87. The maximum absolute atomic E-state index is 11.5. The van der Waals surface area contributed by atoms with Gasteiger partial charge < -0.3 is 14.2 Å². The van der Waals surface area contributed by atoms with Crippen LogP contribution in [0.1, 0.15) is 18.1 Å². The molecule has 2 aromatic rings. The minimum absolute atomic E-state index is 0.111. The molecule has 120 valence electrons. The van der Waals surface area contributed by atoms with E-state index in [9.17, 15) is 9.59 Å². The summed E-state index contributed by atoms with van der Waals surface area (Å²) in [5, 5.41) is 0. The Kier molecular flexibility index (Phi) is 6.17. The molecule has 0 N–H and O–H groups in total. The van der Waals surface area contributed by atoms with Crippen molar-refractivity contribution in [1.29, 1.82) is 0 Å². The van der Waals surface area contributed by atoms with Crippen LogP contribution in [0, 0.1) is 0 Å². The third-order valence-electron chi connectivity index (χ3n) is 3.00. The standard InChI is InChI=1S/C18H18O5/c1-14(19)22-13-23-18(20)11-15-7-9-17(10-8-15)21-12-16-5-3-2-4-6-16/h2-10H,11-13H2,1H3. The van der Waals surface area contributed by atoms with Crippen molar-refractivity contribution in [3.8, 4) is 5.75 Å². The highest BCUT2D eigenvalue weighted by atomic mass is 16.7. The highest BCUT2D eigenvalue weighted by molar-refractivity contribution is 5.72. The van der Waals surface area contributed by atoms with Crippen LogP contribution in [0.25, 0.3) is 0 Å². The van der Waals surface area contributed by atoms with Gasteiger partial charge in [-0.2, -0.15) is 0 Å². The van der Waals surface area contributed by atoms with E-state index in [2.05, 4.69) is 4.74 Å². The molecule has 0 radical (unpaired) electrons. The van der Waals surface area contributed by atoms with Gasteiger partial charge in [0.25, 0.3) is 0 Å². The fourth-order valence-corrected chi connectivity index (χ4v) is 1.84. The number of hydrogen-bond donors (Lipinski definition) is 0. The summed E-state index contributed by atoms with van der Waals surface area (Å²) in [7, 11) is 0. The predicted molar refractivity (Wildman–Crippen MR) is 83.6 cm³/mol. The molecule has 23 heavy (non-hydrogen) atoms. The molecule has 0 spiro atoms. The van der Waals surface area contributed by atoms with Crippen LogP contribution in [0.2, 0.25) is 0 Å². The SMILES string of the molecule is CC(=O)OCOC(=O)Cc1ccc(OCc2ccccc2)cc1. The van der Waals surface area contributed by atoms with Crippen LogP contribution >= 0.6 is 0 Å². The van der Waals surface area contributed by atoms with Crippen LogP contribution in [0.3, 0.4) is 0 Å². The number of hydrogen-bond acceptors (Lipinski definition) is 5. The molecule has 2 rings (SSSR count). The summed E-state index contributed by atoms with van der Waals surface area (Å²) >= 11 is 0. The maximum Gasteiger partial charge on any atom is 0.313 e. The Hall–Kier alpha value is -2.82. The van der Waals surface area contributed by atoms with Crippen molar-refractivity contribution in [3.63, 3.8) is 0 Å². The molecule has 5 heteroatoms. The molecule has 2 aromatic carbocycles. The summed E-state index contributed by atoms with van der Waals surface area (Å²) in [4.78, 5) is 22.1. The zero-order valence-electron chi connectivity index (χ0n) is 12.9. The first kappa shape index (κ1) is 16.5. The van der Waals surface area contributed by atoms with Crippen LogP contribution in [0.4, 0.5) is 0 Å². The van der Waals surface area contributed by atoms with Crippen LogP contribution in [-0.2, 0) is 32.1 Å². The summed E-state index contributed by atoms with van der Waals surface area (Å²) in [5.74, 6) is -0.215. The van der Waals surface area contributed by atoms with Gasteiger partial charge in [-0.25, -0.2) is 0 Å². The van der Waals surface area contributed by atoms with Gasteiger partial charge in [0.05, 0.1) is 6.42 Å². The molecular weight excluding hydrogens is 296 g/mol. The van der Waals surface area contributed by atoms with Crippen molar-refractivity contribution >= 4 is 11.9 Å². The second kappa shape index (κ2) is 8.58. The number of carbonyl (C=O) groups is 2. The summed E-state index contributed by atoms with van der Waals surface area (Å²) in [6.45, 7) is 1.39. The lowest BCUT2D eigenvalue weighted by atomic mass is 10.1. The monoisotopic (exact) mass is 314 g/mol. The van der Waals surface area contributed by atoms with E-state index in [0.29, 0.717) is 6.61 Å². The Morgan fingerprint density at radius 3 is 2.22 bits per heavy atom. The Balaban J connectivity index is 1.77. The van der Waals surface area contributed by atoms with Gasteiger partial charge in [-0.3, -0.25) is 9.59 Å². The van der Waals surface area contributed by atoms with Gasteiger partial charge >= 0.3 is 11.9 Å². The fourth-order valence-electron chi connectivity index (χ4n) is 1.84. The third kappa shape index (κ3) is 6.22. The van der Waals surface area contributed by atoms with E-state index in [4.69, 9.17) is 9.47 Å². The number of benzene rings is 2. The highest BCUT2D eigenvalue weighted by Crippen LogP contribution is 2.15. The normalized spacial score (nSPS) is 9.96. The molecule has 0 aliphatic carbocycles. The summed E-state index contributed by atoms with van der Waals surface area (Å²) in [5.41, 5.74) is 1.88. The van der Waals surface area contributed by atoms with Crippen LogP contribution in [0.5, 0.6) is 5.75 Å². The van der Waals surface area contributed by atoms with E-state index >= 15 is 0 Å². The minimum Gasteiger partial charge on any atom is -0.489 e. The third-order valence-corrected chi connectivity index (χ3v) is 3.00. The Morgan fingerprint density at radius 1 is 0.870 bits per heavy atom. The fraction of sp³-hybridized carbons (Fsp3) is 0.222. The highest BCUT2D eigenvalue weighted by Gasteiger charge is 2.06. The van der Waals surface area contributed by atoms with Gasteiger partial charge in [-0.15, -0.1) is 0 Å².